The molecule has 3 unspecified atom stereocenters. The molecule has 2 heterocycles. The summed E-state index contributed by atoms with van der Waals surface area (Å²) in [5, 5.41) is 9.98. The van der Waals surface area contributed by atoms with Gasteiger partial charge in [-0.05, 0) is 66.0 Å². The van der Waals surface area contributed by atoms with Crippen LogP contribution in [0.4, 0.5) is 10.5 Å². The number of cyclic esters (lactones) is 1. The van der Waals surface area contributed by atoms with Gasteiger partial charge in [-0.2, -0.15) is 0 Å². The summed E-state index contributed by atoms with van der Waals surface area (Å²) in [6, 6.07) is 2.84. The van der Waals surface area contributed by atoms with Crippen molar-refractivity contribution < 1.29 is 56.8 Å². The number of carbonyl (C=O) groups excluding carboxylic acids is 2. The molecule has 0 aliphatic carbocycles. The Morgan fingerprint density at radius 2 is 1.65 bits per heavy atom. The molecule has 2 aliphatic heterocycles. The molecule has 13 nitrogen and oxygen atoms in total. The van der Waals surface area contributed by atoms with Crippen molar-refractivity contribution in [3.8, 4) is 5.75 Å². The molecular weight excluding hydrogens is 645 g/mol. The zero-order valence-corrected chi connectivity index (χ0v) is 29.4. The third-order valence-corrected chi connectivity index (χ3v) is 8.30. The van der Waals surface area contributed by atoms with Gasteiger partial charge in [0.25, 0.3) is 0 Å². The maximum absolute atomic E-state index is 13.5. The molecule has 1 fully saturated rings. The second-order valence-electron chi connectivity index (χ2n) is 12.6. The van der Waals surface area contributed by atoms with Crippen LogP contribution in [0.1, 0.15) is 76.7 Å². The monoisotopic (exact) mass is 693 g/mol. The number of rotatable bonds is 12. The first-order chi connectivity index (χ1) is 22.6. The molecule has 0 aromatic heterocycles. The molecule has 1 N–H and O–H groups in total. The van der Waals surface area contributed by atoms with Gasteiger partial charge in [0.05, 0.1) is 44.3 Å². The summed E-state index contributed by atoms with van der Waals surface area (Å²) in [5.74, 6) is -1.78. The number of hydrogen-bond acceptors (Lipinski definition) is 12. The van der Waals surface area contributed by atoms with E-state index in [-0.39, 0.29) is 61.1 Å². The summed E-state index contributed by atoms with van der Waals surface area (Å²) in [4.78, 5) is 32.9. The Hall–Kier alpha value is -3.29. The average Bonchev–Trinajstić information content (AvgIpc) is 3.30. The lowest BCUT2D eigenvalue weighted by Crippen LogP contribution is -2.39. The van der Waals surface area contributed by atoms with Crippen LogP contribution >= 0.6 is 7.82 Å². The van der Waals surface area contributed by atoms with E-state index >= 15 is 0 Å². The highest BCUT2D eigenvalue weighted by Gasteiger charge is 2.40. The van der Waals surface area contributed by atoms with Gasteiger partial charge in [0.1, 0.15) is 17.3 Å². The number of esters is 1. The Kier molecular flexibility index (Phi) is 14.2. The van der Waals surface area contributed by atoms with Gasteiger partial charge < -0.3 is 23.8 Å². The molecule has 266 valence electrons. The topological polar surface area (TPSA) is 149 Å². The van der Waals surface area contributed by atoms with E-state index in [0.717, 1.165) is 0 Å². The van der Waals surface area contributed by atoms with Crippen LogP contribution in [0.15, 0.2) is 55.7 Å². The van der Waals surface area contributed by atoms with Crippen molar-refractivity contribution in [2.45, 2.75) is 90.5 Å². The van der Waals surface area contributed by atoms with Crippen molar-refractivity contribution in [3.05, 3.63) is 66.8 Å². The number of nitrogens with zero attached hydrogens (tertiary/aromatic N) is 1. The summed E-state index contributed by atoms with van der Waals surface area (Å²) in [6.45, 7) is 16.9. The third kappa shape index (κ3) is 11.7. The van der Waals surface area contributed by atoms with Crippen molar-refractivity contribution in [2.75, 3.05) is 31.3 Å². The van der Waals surface area contributed by atoms with Crippen LogP contribution < -0.4 is 9.79 Å². The summed E-state index contributed by atoms with van der Waals surface area (Å²) in [6.07, 6.45) is 9.85. The van der Waals surface area contributed by atoms with Crippen LogP contribution in [0.25, 0.3) is 6.08 Å². The van der Waals surface area contributed by atoms with E-state index in [0.29, 0.717) is 19.3 Å². The number of hydrogen-bond donors (Lipinski definition) is 1. The highest BCUT2D eigenvalue weighted by atomic mass is 31.2. The van der Waals surface area contributed by atoms with Gasteiger partial charge in [-0.15, -0.1) is 13.2 Å². The van der Waals surface area contributed by atoms with Gasteiger partial charge in [0.15, 0.2) is 11.5 Å². The largest absolute Gasteiger partial charge is 0.475 e. The van der Waals surface area contributed by atoms with Crippen LogP contribution in [-0.2, 0) is 37.1 Å². The number of phosphoric acid groups is 1. The van der Waals surface area contributed by atoms with Gasteiger partial charge in [0, 0.05) is 12.5 Å². The van der Waals surface area contributed by atoms with Crippen LogP contribution in [0.2, 0.25) is 0 Å². The second kappa shape index (κ2) is 17.4. The number of benzene rings is 1. The SMILES string of the molecule is C=CCOP(=O)(OCC=C)OCCN(C(=O)OC(C)(C)C)c1cc2c(c(OO)c1)C(=O)OC(C)C/C=C\CC1OC(C)(C)OC1C/C=C/2. The number of amides is 1. The van der Waals surface area contributed by atoms with E-state index in [2.05, 4.69) is 13.2 Å². The van der Waals surface area contributed by atoms with Gasteiger partial charge in [-0.1, -0.05) is 36.5 Å². The van der Waals surface area contributed by atoms with E-state index in [4.69, 9.17) is 37.4 Å². The van der Waals surface area contributed by atoms with Crippen molar-refractivity contribution in [1.29, 1.82) is 0 Å². The zero-order valence-electron chi connectivity index (χ0n) is 28.5. The fourth-order valence-corrected chi connectivity index (χ4v) is 6.04. The van der Waals surface area contributed by atoms with Crippen molar-refractivity contribution in [1.82, 2.24) is 0 Å². The summed E-state index contributed by atoms with van der Waals surface area (Å²) in [7, 11) is -4.06. The van der Waals surface area contributed by atoms with Crippen molar-refractivity contribution >= 4 is 31.6 Å². The summed E-state index contributed by atoms with van der Waals surface area (Å²) >= 11 is 0. The lowest BCUT2D eigenvalue weighted by molar-refractivity contribution is -0.145. The zero-order chi connectivity index (χ0) is 35.5. The molecule has 48 heavy (non-hydrogen) atoms. The Morgan fingerprint density at radius 1 is 1.04 bits per heavy atom. The number of ether oxygens (including phenoxy) is 4. The molecule has 1 saturated heterocycles. The molecule has 3 rings (SSSR count). The van der Waals surface area contributed by atoms with E-state index in [1.165, 1.54) is 23.1 Å². The quantitative estimate of drug-likeness (QED) is 0.0754. The number of carbonyl (C=O) groups is 2. The first kappa shape index (κ1) is 39.2. The van der Waals surface area contributed by atoms with E-state index < -0.39 is 37.4 Å². The van der Waals surface area contributed by atoms with Crippen LogP contribution in [0.3, 0.4) is 0 Å². The molecule has 3 atom stereocenters. The number of phosphoric ester groups is 1. The highest BCUT2D eigenvalue weighted by molar-refractivity contribution is 7.48. The molecule has 1 amide bonds. The summed E-state index contributed by atoms with van der Waals surface area (Å²) in [5.41, 5.74) is -0.512. The molecule has 0 spiro atoms. The van der Waals surface area contributed by atoms with Crippen LogP contribution in [-0.4, -0.2) is 73.4 Å². The number of anilines is 1. The minimum Gasteiger partial charge on any atom is -0.459 e. The predicted octanol–water partition coefficient (Wildman–Crippen LogP) is 7.63. The highest BCUT2D eigenvalue weighted by Crippen LogP contribution is 2.49. The Bertz CT molecular complexity index is 1380. The van der Waals surface area contributed by atoms with Crippen molar-refractivity contribution in [3.63, 3.8) is 0 Å². The molecule has 1 aromatic rings. The van der Waals surface area contributed by atoms with Gasteiger partial charge >= 0.3 is 19.9 Å². The molecule has 0 radical (unpaired) electrons. The average molecular weight is 694 g/mol. The molecule has 2 aliphatic rings. The number of fused-ring (bicyclic) bond motifs is 2. The lowest BCUT2D eigenvalue weighted by Gasteiger charge is -2.28. The first-order valence-corrected chi connectivity index (χ1v) is 17.2. The van der Waals surface area contributed by atoms with E-state index in [1.54, 1.807) is 39.8 Å². The van der Waals surface area contributed by atoms with E-state index in [1.807, 2.05) is 32.1 Å². The fraction of sp³-hybridized carbons (Fsp3) is 0.529. The standard InChI is InChI=1S/C34H48NO12P/c1-9-19-40-48(39,41-20-10-2)42-21-18-35(32(37)46-33(4,5)6)26-22-25-15-13-17-28-27(44-34(7,8)45-28)16-12-11-14-24(3)43-31(36)30(25)29(23-26)47-38/h9-13,15,22-24,27-28,38H,1-2,14,16-21H2,3-8H3/b12-11-,15-13+. The fourth-order valence-electron chi connectivity index (χ4n) is 4.93. The Labute approximate surface area is 282 Å². The normalized spacial score (nSPS) is 22.6. The molecule has 1 aromatic carbocycles. The van der Waals surface area contributed by atoms with Gasteiger partial charge in [0.2, 0.25) is 0 Å². The molecule has 14 heteroatoms. The predicted molar refractivity (Wildman–Crippen MR) is 180 cm³/mol. The maximum Gasteiger partial charge on any atom is 0.475 e. The van der Waals surface area contributed by atoms with Gasteiger partial charge in [-0.25, -0.2) is 19.4 Å². The Balaban J connectivity index is 2.05. The summed E-state index contributed by atoms with van der Waals surface area (Å²) < 4.78 is 52.7. The van der Waals surface area contributed by atoms with E-state index in [9.17, 15) is 19.4 Å². The van der Waals surface area contributed by atoms with Crippen LogP contribution in [0.5, 0.6) is 5.75 Å². The molecular formula is C34H48NO12P. The van der Waals surface area contributed by atoms with Gasteiger partial charge in [-0.3, -0.25) is 18.5 Å². The maximum atomic E-state index is 13.5. The lowest BCUT2D eigenvalue weighted by atomic mass is 10.0. The molecule has 0 saturated carbocycles. The first-order valence-electron chi connectivity index (χ1n) is 15.7. The Morgan fingerprint density at radius 3 is 2.23 bits per heavy atom. The minimum atomic E-state index is -4.06. The molecule has 0 bridgehead atoms. The minimum absolute atomic E-state index is 0.0635. The van der Waals surface area contributed by atoms with Crippen molar-refractivity contribution in [2.24, 2.45) is 0 Å². The third-order valence-electron chi connectivity index (χ3n) is 6.87. The van der Waals surface area contributed by atoms with Crippen LogP contribution in [0, 0.1) is 0 Å². The second-order valence-corrected chi connectivity index (χ2v) is 14.3. The smallest absolute Gasteiger partial charge is 0.459 e.